The van der Waals surface area contributed by atoms with Gasteiger partial charge < -0.3 is 0 Å². The molecular formula is C19H22N2Pd. The van der Waals surface area contributed by atoms with Gasteiger partial charge in [-0.15, -0.1) is 0 Å². The van der Waals surface area contributed by atoms with Crippen LogP contribution in [0.25, 0.3) is 0 Å². The zero-order valence-electron chi connectivity index (χ0n) is 13.8. The van der Waals surface area contributed by atoms with Crippen molar-refractivity contribution in [3.8, 4) is 0 Å². The third kappa shape index (κ3) is 5.02. The van der Waals surface area contributed by atoms with Crippen molar-refractivity contribution in [3.63, 3.8) is 0 Å². The Balaban J connectivity index is 0.00000242. The van der Waals surface area contributed by atoms with Crippen molar-refractivity contribution in [3.05, 3.63) is 58.7 Å². The molecule has 0 saturated heterocycles. The van der Waals surface area contributed by atoms with Crippen molar-refractivity contribution in [1.82, 2.24) is 0 Å². The minimum Gasteiger partial charge on any atom is -0.255 e. The maximum Gasteiger partial charge on any atom is 0.0636 e. The number of hydrogen-bond acceptors (Lipinski definition) is 2. The molecule has 0 saturated carbocycles. The number of nitrogens with zero attached hydrogens (tertiary/aromatic N) is 2. The Morgan fingerprint density at radius 3 is 1.82 bits per heavy atom. The molecule has 0 radical (unpaired) electrons. The Morgan fingerprint density at radius 1 is 0.773 bits per heavy atom. The van der Waals surface area contributed by atoms with Gasteiger partial charge in [-0.05, 0) is 81.1 Å². The van der Waals surface area contributed by atoms with E-state index in [1.165, 1.54) is 22.3 Å². The first-order chi connectivity index (χ1) is 9.95. The summed E-state index contributed by atoms with van der Waals surface area (Å²) in [5.41, 5.74) is 7.93. The van der Waals surface area contributed by atoms with Crippen molar-refractivity contribution in [2.75, 3.05) is 0 Å². The molecule has 0 bridgehead atoms. The van der Waals surface area contributed by atoms with Crippen LogP contribution in [-0.4, -0.2) is 11.9 Å². The molecule has 0 fully saturated rings. The van der Waals surface area contributed by atoms with Gasteiger partial charge in [0.1, 0.15) is 0 Å². The summed E-state index contributed by atoms with van der Waals surface area (Å²) in [4.78, 5) is 9.07. The van der Waals surface area contributed by atoms with Gasteiger partial charge in [-0.2, -0.15) is 0 Å². The second kappa shape index (κ2) is 8.17. The SMILES string of the molecule is CC(/C=N/c1ccc(C)c(C)c1)=N\c1ccc(C)c(C)c1.[Pd]. The summed E-state index contributed by atoms with van der Waals surface area (Å²) in [5.74, 6) is 0. The minimum absolute atomic E-state index is 0. The Labute approximate surface area is 147 Å². The van der Waals surface area contributed by atoms with Crippen LogP contribution in [0.15, 0.2) is 46.4 Å². The molecule has 2 rings (SSSR count). The van der Waals surface area contributed by atoms with E-state index in [9.17, 15) is 0 Å². The van der Waals surface area contributed by atoms with Gasteiger partial charge in [0.05, 0.1) is 17.1 Å². The van der Waals surface area contributed by atoms with Crippen molar-refractivity contribution in [2.45, 2.75) is 34.6 Å². The Hall–Kier alpha value is -1.56. The number of aryl methyl sites for hydroxylation is 4. The van der Waals surface area contributed by atoms with Crippen LogP contribution in [0.1, 0.15) is 29.2 Å². The fourth-order valence-corrected chi connectivity index (χ4v) is 2.00. The summed E-state index contributed by atoms with van der Waals surface area (Å²) in [7, 11) is 0. The largest absolute Gasteiger partial charge is 0.255 e. The van der Waals surface area contributed by atoms with Gasteiger partial charge in [0.2, 0.25) is 0 Å². The molecule has 0 aromatic heterocycles. The summed E-state index contributed by atoms with van der Waals surface area (Å²) in [6.45, 7) is 10.4. The van der Waals surface area contributed by atoms with Crippen LogP contribution in [0.3, 0.4) is 0 Å². The first kappa shape index (κ1) is 18.5. The molecule has 2 aromatic rings. The van der Waals surface area contributed by atoms with Crippen LogP contribution < -0.4 is 0 Å². The van der Waals surface area contributed by atoms with Gasteiger partial charge in [-0.1, -0.05) is 12.1 Å². The molecule has 0 heterocycles. The molecule has 2 aromatic carbocycles. The zero-order chi connectivity index (χ0) is 15.4. The van der Waals surface area contributed by atoms with Crippen LogP contribution in [-0.2, 0) is 20.4 Å². The molecule has 3 heteroatoms. The van der Waals surface area contributed by atoms with Crippen LogP contribution >= 0.6 is 0 Å². The summed E-state index contributed by atoms with van der Waals surface area (Å²) in [5, 5.41) is 0. The fraction of sp³-hybridized carbons (Fsp3) is 0.263. The molecule has 0 N–H and O–H groups in total. The third-order valence-electron chi connectivity index (χ3n) is 3.69. The summed E-state index contributed by atoms with van der Waals surface area (Å²) >= 11 is 0. The first-order valence-electron chi connectivity index (χ1n) is 7.19. The number of benzene rings is 2. The van der Waals surface area contributed by atoms with Gasteiger partial charge in [0.15, 0.2) is 0 Å². The third-order valence-corrected chi connectivity index (χ3v) is 3.69. The molecule has 0 aliphatic heterocycles. The summed E-state index contributed by atoms with van der Waals surface area (Å²) in [6, 6.07) is 12.5. The molecule has 0 spiro atoms. The molecule has 2 nitrogen and oxygen atoms in total. The average molecular weight is 385 g/mol. The maximum absolute atomic E-state index is 4.58. The molecule has 0 aliphatic carbocycles. The monoisotopic (exact) mass is 384 g/mol. The van der Waals surface area contributed by atoms with Crippen LogP contribution in [0.4, 0.5) is 11.4 Å². The number of aliphatic imine (C=N–C) groups is 2. The van der Waals surface area contributed by atoms with Crippen molar-refractivity contribution < 1.29 is 20.4 Å². The van der Waals surface area contributed by atoms with Gasteiger partial charge in [-0.25, -0.2) is 0 Å². The van der Waals surface area contributed by atoms with Crippen LogP contribution in [0, 0.1) is 27.7 Å². The van der Waals surface area contributed by atoms with Crippen LogP contribution in [0.5, 0.6) is 0 Å². The molecule has 0 atom stereocenters. The average Bonchev–Trinajstić information content (AvgIpc) is 2.44. The van der Waals surface area contributed by atoms with Crippen molar-refractivity contribution >= 4 is 23.3 Å². The van der Waals surface area contributed by atoms with E-state index < -0.39 is 0 Å². The van der Waals surface area contributed by atoms with Crippen molar-refractivity contribution in [2.24, 2.45) is 9.98 Å². The van der Waals surface area contributed by atoms with Gasteiger partial charge in [0, 0.05) is 26.6 Å². The van der Waals surface area contributed by atoms with E-state index in [0.29, 0.717) is 0 Å². The van der Waals surface area contributed by atoms with Gasteiger partial charge in [0.25, 0.3) is 0 Å². The smallest absolute Gasteiger partial charge is 0.0636 e. The predicted octanol–water partition coefficient (Wildman–Crippen LogP) is 5.41. The van der Waals surface area contributed by atoms with E-state index in [0.717, 1.165) is 17.1 Å². The quantitative estimate of drug-likeness (QED) is 0.499. The second-order valence-electron chi connectivity index (χ2n) is 5.55. The zero-order valence-corrected chi connectivity index (χ0v) is 15.3. The van der Waals surface area contributed by atoms with E-state index in [-0.39, 0.29) is 20.4 Å². The topological polar surface area (TPSA) is 24.7 Å². The van der Waals surface area contributed by atoms with E-state index in [4.69, 9.17) is 0 Å². The Bertz CT molecular complexity index is 715. The fourth-order valence-electron chi connectivity index (χ4n) is 2.00. The molecule has 0 amide bonds. The van der Waals surface area contributed by atoms with E-state index in [2.05, 4.69) is 61.9 Å². The van der Waals surface area contributed by atoms with Gasteiger partial charge >= 0.3 is 0 Å². The summed E-state index contributed by atoms with van der Waals surface area (Å²) < 4.78 is 0. The molecule has 118 valence electrons. The molecule has 0 unspecified atom stereocenters. The molecule has 0 aliphatic rings. The van der Waals surface area contributed by atoms with Crippen molar-refractivity contribution in [1.29, 1.82) is 0 Å². The minimum atomic E-state index is 0. The Morgan fingerprint density at radius 2 is 1.27 bits per heavy atom. The van der Waals surface area contributed by atoms with E-state index >= 15 is 0 Å². The Kier molecular flexibility index (Phi) is 6.87. The van der Waals surface area contributed by atoms with Crippen LogP contribution in [0.2, 0.25) is 0 Å². The first-order valence-corrected chi connectivity index (χ1v) is 7.19. The standard InChI is InChI=1S/C19H22N2.Pd/c1-13-6-8-18(10-15(13)3)20-12-17(5)21-19-9-7-14(2)16(4)11-19;/h6-12H,1-5H3;/b20-12+,21-17+;. The van der Waals surface area contributed by atoms with E-state index in [1.54, 1.807) is 0 Å². The number of hydrogen-bond donors (Lipinski definition) is 0. The molecule has 22 heavy (non-hydrogen) atoms. The summed E-state index contributed by atoms with van der Waals surface area (Å²) in [6.07, 6.45) is 1.82. The predicted molar refractivity (Wildman–Crippen MR) is 92.8 cm³/mol. The normalized spacial score (nSPS) is 11.6. The second-order valence-corrected chi connectivity index (χ2v) is 5.55. The van der Waals surface area contributed by atoms with Gasteiger partial charge in [-0.3, -0.25) is 9.98 Å². The number of rotatable bonds is 3. The maximum atomic E-state index is 4.58. The van der Waals surface area contributed by atoms with E-state index in [1.807, 2.05) is 25.3 Å². The molecular weight excluding hydrogens is 363 g/mol.